The Balaban J connectivity index is 0.000000187. The SMILES string of the molecule is O=C1CCC(n2nc3ccc(OCC(F)F)nc3c(-c3ccc(OC(F)F)cc3)c2=O)CC1.O=c1c(-c2ccc(OC(F)F)cc2)c2nc(OCC(F)F)ccc2nn1C1=CCC2(CC1)OCCO2. The van der Waals surface area contributed by atoms with Crippen LogP contribution in [0, 0.1) is 0 Å². The first kappa shape index (κ1) is 48.4. The smallest absolute Gasteiger partial charge is 0.387 e. The van der Waals surface area contributed by atoms with E-state index in [0.29, 0.717) is 86.0 Å². The fraction of sp³-hybridized carbons (Fsp3) is 0.370. The normalized spacial score (nSPS) is 16.1. The summed E-state index contributed by atoms with van der Waals surface area (Å²) in [4.78, 5) is 47.3. The minimum Gasteiger partial charge on any atom is -0.472 e. The number of benzene rings is 2. The van der Waals surface area contributed by atoms with Gasteiger partial charge in [0.1, 0.15) is 39.3 Å². The van der Waals surface area contributed by atoms with Gasteiger partial charge in [0.05, 0.1) is 30.4 Å². The van der Waals surface area contributed by atoms with Crippen molar-refractivity contribution in [2.45, 2.75) is 82.8 Å². The first-order valence-corrected chi connectivity index (χ1v) is 21.4. The molecule has 2 fully saturated rings. The third kappa shape index (κ3) is 11.5. The van der Waals surface area contributed by atoms with E-state index in [-0.39, 0.29) is 57.2 Å². The van der Waals surface area contributed by atoms with Gasteiger partial charge in [-0.25, -0.2) is 36.9 Å². The molecule has 15 nitrogen and oxygen atoms in total. The number of hydrogen-bond acceptors (Lipinski definition) is 13. The lowest BCUT2D eigenvalue weighted by atomic mass is 9.94. The maximum atomic E-state index is 13.7. The molecule has 0 unspecified atom stereocenters. The number of alkyl halides is 8. The minimum atomic E-state index is -3.00. The van der Waals surface area contributed by atoms with Gasteiger partial charge < -0.3 is 28.4 Å². The van der Waals surface area contributed by atoms with Crippen LogP contribution in [0.4, 0.5) is 35.1 Å². The van der Waals surface area contributed by atoms with Crippen LogP contribution in [0.1, 0.15) is 51.0 Å². The molecule has 1 spiro atoms. The Morgan fingerprint density at radius 2 is 1.12 bits per heavy atom. The van der Waals surface area contributed by atoms with Gasteiger partial charge in [-0.3, -0.25) is 14.4 Å². The van der Waals surface area contributed by atoms with Crippen molar-refractivity contribution in [1.29, 1.82) is 0 Å². The maximum absolute atomic E-state index is 13.7. The number of fused-ring (bicyclic) bond motifs is 2. The molecule has 4 aromatic heterocycles. The summed E-state index contributed by atoms with van der Waals surface area (Å²) >= 11 is 0. The highest BCUT2D eigenvalue weighted by Gasteiger charge is 2.38. The Labute approximate surface area is 385 Å². The molecule has 69 heavy (non-hydrogen) atoms. The third-order valence-corrected chi connectivity index (χ3v) is 11.2. The van der Waals surface area contributed by atoms with Gasteiger partial charge >= 0.3 is 13.2 Å². The number of rotatable bonds is 14. The number of nitrogens with zero attached hydrogens (tertiary/aromatic N) is 6. The van der Waals surface area contributed by atoms with E-state index in [2.05, 4.69) is 29.6 Å². The lowest BCUT2D eigenvalue weighted by molar-refractivity contribution is -0.160. The average Bonchev–Trinajstić information content (AvgIpc) is 3.78. The number of aromatic nitrogens is 6. The topological polar surface area (TPSA) is 168 Å². The first-order valence-electron chi connectivity index (χ1n) is 21.4. The molecular formula is C46H40F8N6O9. The van der Waals surface area contributed by atoms with E-state index in [9.17, 15) is 49.5 Å². The van der Waals surface area contributed by atoms with E-state index in [0.717, 1.165) is 0 Å². The highest BCUT2D eigenvalue weighted by Crippen LogP contribution is 2.37. The fourth-order valence-corrected chi connectivity index (χ4v) is 8.08. The van der Waals surface area contributed by atoms with Crippen molar-refractivity contribution in [3.63, 3.8) is 0 Å². The van der Waals surface area contributed by atoms with Crippen LogP contribution in [-0.4, -0.2) is 93.6 Å². The first-order chi connectivity index (χ1) is 33.1. The monoisotopic (exact) mass is 972 g/mol. The van der Waals surface area contributed by atoms with E-state index >= 15 is 0 Å². The van der Waals surface area contributed by atoms with Gasteiger partial charge in [-0.2, -0.15) is 27.8 Å². The van der Waals surface area contributed by atoms with E-state index < -0.39 is 56.2 Å². The van der Waals surface area contributed by atoms with Crippen molar-refractivity contribution in [3.05, 3.63) is 99.6 Å². The van der Waals surface area contributed by atoms with Crippen LogP contribution in [0.2, 0.25) is 0 Å². The lowest BCUT2D eigenvalue weighted by Crippen LogP contribution is -2.34. The third-order valence-electron chi connectivity index (χ3n) is 11.2. The second kappa shape index (κ2) is 21.1. The molecule has 0 amide bonds. The highest BCUT2D eigenvalue weighted by atomic mass is 19.3. The number of Topliss-reactive ketones (excluding diaryl/α,β-unsaturated/α-hetero) is 1. The molecule has 9 rings (SSSR count). The zero-order chi connectivity index (χ0) is 48.8. The van der Waals surface area contributed by atoms with Crippen LogP contribution >= 0.6 is 0 Å². The summed E-state index contributed by atoms with van der Waals surface area (Å²) in [5.74, 6) is -0.951. The minimum absolute atomic E-state index is 0.0850. The quantitative estimate of drug-likeness (QED) is 0.0951. The Hall–Kier alpha value is -7.01. The number of ether oxygens (including phenoxy) is 6. The number of carbonyl (C=O) groups excluding carboxylic acids is 1. The van der Waals surface area contributed by atoms with Crippen molar-refractivity contribution in [2.24, 2.45) is 0 Å². The summed E-state index contributed by atoms with van der Waals surface area (Å²) in [6, 6.07) is 16.4. The molecular weight excluding hydrogens is 933 g/mol. The summed E-state index contributed by atoms with van der Waals surface area (Å²) in [6.07, 6.45) is -0.528. The number of hydrogen-bond donors (Lipinski definition) is 0. The van der Waals surface area contributed by atoms with Gasteiger partial charge in [0, 0.05) is 43.5 Å². The molecule has 5 heterocycles. The molecule has 23 heteroatoms. The van der Waals surface area contributed by atoms with E-state index in [4.69, 9.17) is 18.9 Å². The lowest BCUT2D eigenvalue weighted by Gasteiger charge is -2.30. The van der Waals surface area contributed by atoms with Crippen LogP contribution in [-0.2, 0) is 14.3 Å². The Bertz CT molecular complexity index is 2940. The molecule has 1 aliphatic heterocycles. The Morgan fingerprint density at radius 3 is 1.58 bits per heavy atom. The van der Waals surface area contributed by atoms with Gasteiger partial charge in [-0.1, -0.05) is 30.3 Å². The molecule has 0 atom stereocenters. The standard InChI is InChI=1S/C24H21F4N3O5.C22H19F4N3O4/c25-18(26)13-33-19-6-5-17-21(29-19)20(14-1-3-16(4-2-14)36-23(27)28)22(32)31(30-17)15-7-9-24(10-8-15)34-11-12-35-24;23-17(24)11-32-18-10-9-16-20(27-18)19(12-1-7-15(8-2-12)33-22(25)26)21(31)29(28-16)13-3-5-14(30)6-4-13/h1-7,18,23H,8-13H2;1-2,7-10,13,17,22H,3-6,11H2. The molecule has 6 aromatic rings. The average molecular weight is 973 g/mol. The van der Waals surface area contributed by atoms with Crippen molar-refractivity contribution in [1.82, 2.24) is 29.5 Å². The van der Waals surface area contributed by atoms with Crippen LogP contribution in [0.5, 0.6) is 23.3 Å². The van der Waals surface area contributed by atoms with Crippen LogP contribution in [0.15, 0.2) is 88.5 Å². The molecule has 0 N–H and O–H groups in total. The fourth-order valence-electron chi connectivity index (χ4n) is 8.08. The van der Waals surface area contributed by atoms with Crippen molar-refractivity contribution >= 4 is 33.5 Å². The van der Waals surface area contributed by atoms with Crippen LogP contribution in [0.25, 0.3) is 50.0 Å². The molecule has 1 saturated carbocycles. The molecule has 0 bridgehead atoms. The van der Waals surface area contributed by atoms with Gasteiger partial charge in [0.15, 0.2) is 19.0 Å². The Kier molecular flexibility index (Phi) is 14.8. The van der Waals surface area contributed by atoms with Gasteiger partial charge in [0.25, 0.3) is 24.0 Å². The zero-order valence-corrected chi connectivity index (χ0v) is 36.1. The largest absolute Gasteiger partial charge is 0.472 e. The second-order valence-electron chi connectivity index (χ2n) is 15.7. The maximum Gasteiger partial charge on any atom is 0.387 e. The van der Waals surface area contributed by atoms with Crippen molar-refractivity contribution in [2.75, 3.05) is 26.4 Å². The van der Waals surface area contributed by atoms with Gasteiger partial charge in [-0.05, 0) is 66.8 Å². The molecule has 364 valence electrons. The number of allylic oxidation sites excluding steroid dienone is 1. The molecule has 1 saturated heterocycles. The summed E-state index contributed by atoms with van der Waals surface area (Å²) in [5, 5.41) is 8.86. The summed E-state index contributed by atoms with van der Waals surface area (Å²) < 4.78 is 133. The molecule has 3 aliphatic rings. The van der Waals surface area contributed by atoms with Crippen LogP contribution in [0.3, 0.4) is 0 Å². The number of pyridine rings is 2. The van der Waals surface area contributed by atoms with E-state index in [1.54, 1.807) is 0 Å². The van der Waals surface area contributed by atoms with E-state index in [1.807, 2.05) is 6.08 Å². The second-order valence-corrected chi connectivity index (χ2v) is 15.7. The van der Waals surface area contributed by atoms with E-state index in [1.165, 1.54) is 82.2 Å². The highest BCUT2D eigenvalue weighted by molar-refractivity contribution is 5.92. The number of ketones is 1. The van der Waals surface area contributed by atoms with Gasteiger partial charge in [0.2, 0.25) is 11.8 Å². The molecule has 2 aliphatic carbocycles. The number of carbonyl (C=O) groups is 1. The zero-order valence-electron chi connectivity index (χ0n) is 36.1. The summed E-state index contributed by atoms with van der Waals surface area (Å²) in [5.41, 5.74) is 1.45. The Morgan fingerprint density at radius 1 is 0.623 bits per heavy atom. The van der Waals surface area contributed by atoms with Crippen molar-refractivity contribution < 1.29 is 68.3 Å². The van der Waals surface area contributed by atoms with Gasteiger partial charge in [-0.15, -0.1) is 0 Å². The van der Waals surface area contributed by atoms with Crippen LogP contribution < -0.4 is 30.1 Å². The summed E-state index contributed by atoms with van der Waals surface area (Å²) in [7, 11) is 0. The summed E-state index contributed by atoms with van der Waals surface area (Å²) in [6.45, 7) is -6.71. The number of halogens is 8. The van der Waals surface area contributed by atoms with Crippen molar-refractivity contribution in [3.8, 4) is 45.5 Å². The predicted octanol–water partition coefficient (Wildman–Crippen LogP) is 8.86. The molecule has 0 radical (unpaired) electrons. The predicted molar refractivity (Wildman–Crippen MR) is 230 cm³/mol. The molecule has 2 aromatic carbocycles.